The molecule has 0 unspecified atom stereocenters. The highest BCUT2D eigenvalue weighted by Gasteiger charge is 2.24. The molecule has 4 nitrogen and oxygen atoms in total. The summed E-state index contributed by atoms with van der Waals surface area (Å²) in [6, 6.07) is 17.3. The summed E-state index contributed by atoms with van der Waals surface area (Å²) in [6.07, 6.45) is 2.73. The maximum atomic E-state index is 12.1. The number of anilines is 1. The fraction of sp³-hybridized carbons (Fsp3) is 0.0556. The third kappa shape index (κ3) is 4.80. The van der Waals surface area contributed by atoms with Gasteiger partial charge in [-0.05, 0) is 35.9 Å². The Kier molecular flexibility index (Phi) is 5.67. The normalized spacial score (nSPS) is 11.7. The highest BCUT2D eigenvalue weighted by molar-refractivity contribution is 6.30. The summed E-state index contributed by atoms with van der Waals surface area (Å²) >= 11 is 5.86. The molecule has 2 aromatic carbocycles. The van der Waals surface area contributed by atoms with E-state index in [0.29, 0.717) is 16.3 Å². The van der Waals surface area contributed by atoms with E-state index in [1.54, 1.807) is 60.7 Å². The van der Waals surface area contributed by atoms with Crippen LogP contribution in [0.15, 0.2) is 60.7 Å². The monoisotopic (exact) mass is 324 g/mol. The minimum absolute atomic E-state index is 0.532. The van der Waals surface area contributed by atoms with Gasteiger partial charge in [0.2, 0.25) is 5.91 Å². The third-order valence-electron chi connectivity index (χ3n) is 3.01. The van der Waals surface area contributed by atoms with Gasteiger partial charge in [0.1, 0.15) is 0 Å². The number of allylic oxidation sites excluding steroid dienone is 1. The van der Waals surface area contributed by atoms with Gasteiger partial charge in [0, 0.05) is 10.7 Å². The number of hydrogen-bond acceptors (Lipinski definition) is 3. The molecule has 0 spiro atoms. The lowest BCUT2D eigenvalue weighted by molar-refractivity contribution is -0.126. The van der Waals surface area contributed by atoms with E-state index in [1.165, 1.54) is 12.2 Å². The summed E-state index contributed by atoms with van der Waals surface area (Å²) in [7, 11) is 0. The lowest BCUT2D eigenvalue weighted by atomic mass is 10.0. The number of benzene rings is 2. The van der Waals surface area contributed by atoms with E-state index in [2.05, 4.69) is 5.32 Å². The smallest absolute Gasteiger partial charge is 0.249 e. The van der Waals surface area contributed by atoms with Gasteiger partial charge in [-0.25, -0.2) is 0 Å². The SMILES string of the molecule is N#C[C@H](C(=O)/C=C\c1cccc(Cl)c1)C(=O)Nc1ccccc1. The van der Waals surface area contributed by atoms with Crippen LogP contribution in [0.1, 0.15) is 5.56 Å². The Bertz CT molecular complexity index is 779. The van der Waals surface area contributed by atoms with E-state index >= 15 is 0 Å². The number of rotatable bonds is 5. The van der Waals surface area contributed by atoms with Gasteiger partial charge >= 0.3 is 0 Å². The first kappa shape index (κ1) is 16.5. The number of hydrogen-bond donors (Lipinski definition) is 1. The summed E-state index contributed by atoms with van der Waals surface area (Å²) in [5.41, 5.74) is 1.25. The summed E-state index contributed by atoms with van der Waals surface area (Å²) in [6.45, 7) is 0. The molecule has 0 saturated carbocycles. The maximum absolute atomic E-state index is 12.1. The molecule has 0 bridgehead atoms. The fourth-order valence-electron chi connectivity index (χ4n) is 1.87. The minimum atomic E-state index is -1.40. The van der Waals surface area contributed by atoms with Crippen LogP contribution < -0.4 is 5.32 Å². The van der Waals surface area contributed by atoms with Crippen molar-refractivity contribution in [3.05, 3.63) is 71.3 Å². The van der Waals surface area contributed by atoms with Crippen molar-refractivity contribution in [2.45, 2.75) is 0 Å². The Balaban J connectivity index is 2.06. The number of nitriles is 1. The molecule has 0 fully saturated rings. The number of carbonyl (C=O) groups is 2. The molecule has 0 heterocycles. The predicted octanol–water partition coefficient (Wildman–Crippen LogP) is 3.70. The number of amides is 1. The Morgan fingerprint density at radius 1 is 1.13 bits per heavy atom. The van der Waals surface area contributed by atoms with Crippen LogP contribution >= 0.6 is 11.6 Å². The van der Waals surface area contributed by atoms with Crippen molar-refractivity contribution >= 4 is 35.1 Å². The zero-order chi connectivity index (χ0) is 16.7. The average Bonchev–Trinajstić information content (AvgIpc) is 2.54. The van der Waals surface area contributed by atoms with Gasteiger partial charge in [-0.15, -0.1) is 0 Å². The minimum Gasteiger partial charge on any atom is -0.325 e. The lowest BCUT2D eigenvalue weighted by Gasteiger charge is -2.07. The summed E-state index contributed by atoms with van der Waals surface area (Å²) in [5, 5.41) is 12.2. The van der Waals surface area contributed by atoms with Gasteiger partial charge in [-0.1, -0.05) is 48.0 Å². The van der Waals surface area contributed by atoms with Crippen molar-refractivity contribution in [3.63, 3.8) is 0 Å². The maximum Gasteiger partial charge on any atom is 0.249 e. The van der Waals surface area contributed by atoms with Crippen molar-refractivity contribution in [3.8, 4) is 6.07 Å². The first-order valence-electron chi connectivity index (χ1n) is 6.83. The predicted molar refractivity (Wildman–Crippen MR) is 89.7 cm³/mol. The second kappa shape index (κ2) is 7.92. The van der Waals surface area contributed by atoms with Gasteiger partial charge in [0.05, 0.1) is 6.07 Å². The zero-order valence-corrected chi connectivity index (χ0v) is 12.8. The van der Waals surface area contributed by atoms with Crippen molar-refractivity contribution in [1.82, 2.24) is 0 Å². The van der Waals surface area contributed by atoms with E-state index < -0.39 is 17.6 Å². The van der Waals surface area contributed by atoms with Crippen LogP contribution in [0.5, 0.6) is 0 Å². The Hall–Kier alpha value is -2.90. The number of carbonyl (C=O) groups excluding carboxylic acids is 2. The Labute approximate surface area is 139 Å². The molecule has 0 aliphatic rings. The molecule has 0 aliphatic carbocycles. The topological polar surface area (TPSA) is 70.0 Å². The number of ketones is 1. The summed E-state index contributed by atoms with van der Waals surface area (Å²) in [5.74, 6) is -2.63. The second-order valence-electron chi connectivity index (χ2n) is 4.71. The van der Waals surface area contributed by atoms with Crippen LogP contribution in [0.3, 0.4) is 0 Å². The van der Waals surface area contributed by atoms with E-state index in [4.69, 9.17) is 16.9 Å². The molecular weight excluding hydrogens is 312 g/mol. The molecule has 0 radical (unpaired) electrons. The Morgan fingerprint density at radius 3 is 2.52 bits per heavy atom. The molecule has 0 saturated heterocycles. The first-order valence-corrected chi connectivity index (χ1v) is 7.21. The highest BCUT2D eigenvalue weighted by atomic mass is 35.5. The standard InChI is InChI=1S/C18H13ClN2O2/c19-14-6-4-5-13(11-14)9-10-17(22)16(12-20)18(23)21-15-7-2-1-3-8-15/h1-11,16H,(H,21,23)/b10-9-/t16-/m1/s1. The molecule has 0 aliphatic heterocycles. The van der Waals surface area contributed by atoms with Crippen LogP contribution in [0.25, 0.3) is 6.08 Å². The van der Waals surface area contributed by atoms with Crippen molar-refractivity contribution in [2.24, 2.45) is 5.92 Å². The van der Waals surface area contributed by atoms with Gasteiger partial charge in [0.15, 0.2) is 11.7 Å². The Morgan fingerprint density at radius 2 is 1.87 bits per heavy atom. The van der Waals surface area contributed by atoms with Gasteiger partial charge in [-0.3, -0.25) is 9.59 Å². The number of nitrogens with one attached hydrogen (secondary N) is 1. The molecule has 0 aromatic heterocycles. The molecule has 2 aromatic rings. The zero-order valence-electron chi connectivity index (χ0n) is 12.1. The van der Waals surface area contributed by atoms with Crippen LogP contribution in [0.2, 0.25) is 5.02 Å². The summed E-state index contributed by atoms with van der Waals surface area (Å²) < 4.78 is 0. The average molecular weight is 325 g/mol. The largest absolute Gasteiger partial charge is 0.325 e. The molecule has 23 heavy (non-hydrogen) atoms. The summed E-state index contributed by atoms with van der Waals surface area (Å²) in [4.78, 5) is 24.1. The van der Waals surface area contributed by atoms with Crippen LogP contribution in [0, 0.1) is 17.2 Å². The first-order chi connectivity index (χ1) is 11.1. The quantitative estimate of drug-likeness (QED) is 0.673. The molecule has 1 amide bonds. The van der Waals surface area contributed by atoms with Crippen LogP contribution in [-0.4, -0.2) is 11.7 Å². The molecule has 1 N–H and O–H groups in total. The molecule has 5 heteroatoms. The van der Waals surface area contributed by atoms with Crippen molar-refractivity contribution in [1.29, 1.82) is 5.26 Å². The van der Waals surface area contributed by atoms with E-state index in [1.807, 2.05) is 0 Å². The van der Waals surface area contributed by atoms with Gasteiger partial charge < -0.3 is 5.32 Å². The van der Waals surface area contributed by atoms with Crippen molar-refractivity contribution in [2.75, 3.05) is 5.32 Å². The number of halogens is 1. The lowest BCUT2D eigenvalue weighted by Crippen LogP contribution is -2.27. The van der Waals surface area contributed by atoms with Crippen molar-refractivity contribution < 1.29 is 9.59 Å². The van der Waals surface area contributed by atoms with E-state index in [-0.39, 0.29) is 0 Å². The second-order valence-corrected chi connectivity index (χ2v) is 5.14. The molecule has 1 atom stereocenters. The van der Waals surface area contributed by atoms with E-state index in [0.717, 1.165) is 0 Å². The number of para-hydroxylation sites is 1. The molecular formula is C18H13ClN2O2. The highest BCUT2D eigenvalue weighted by Crippen LogP contribution is 2.13. The van der Waals surface area contributed by atoms with E-state index in [9.17, 15) is 9.59 Å². The fourth-order valence-corrected chi connectivity index (χ4v) is 2.07. The van der Waals surface area contributed by atoms with Crippen LogP contribution in [-0.2, 0) is 9.59 Å². The van der Waals surface area contributed by atoms with Gasteiger partial charge in [-0.2, -0.15) is 5.26 Å². The molecule has 2 rings (SSSR count). The van der Waals surface area contributed by atoms with Crippen LogP contribution in [0.4, 0.5) is 5.69 Å². The number of nitrogens with zero attached hydrogens (tertiary/aromatic N) is 1. The third-order valence-corrected chi connectivity index (χ3v) is 3.24. The molecule has 114 valence electrons. The van der Waals surface area contributed by atoms with Gasteiger partial charge in [0.25, 0.3) is 0 Å².